The zero-order chi connectivity index (χ0) is 20.9. The van der Waals surface area contributed by atoms with Crippen LogP contribution in [0, 0.1) is 12.3 Å². The molecule has 0 spiro atoms. The minimum atomic E-state index is -0.606. The molecule has 0 saturated carbocycles. The molecule has 0 aliphatic rings. The predicted molar refractivity (Wildman–Crippen MR) is 116 cm³/mol. The van der Waals surface area contributed by atoms with E-state index in [9.17, 15) is 9.59 Å². The zero-order valence-electron chi connectivity index (χ0n) is 17.6. The lowest BCUT2D eigenvalue weighted by atomic mass is 9.95. The van der Waals surface area contributed by atoms with Crippen LogP contribution in [0.5, 0.6) is 0 Å². The number of anilines is 1. The fourth-order valence-electron chi connectivity index (χ4n) is 2.45. The van der Waals surface area contributed by atoms with Gasteiger partial charge in [-0.3, -0.25) is 9.59 Å². The van der Waals surface area contributed by atoms with Crippen molar-refractivity contribution < 1.29 is 9.59 Å². The molecule has 4 heteroatoms. The molecule has 4 nitrogen and oxygen atoms in total. The lowest BCUT2D eigenvalue weighted by Gasteiger charge is -2.19. The van der Waals surface area contributed by atoms with Gasteiger partial charge in [0.15, 0.2) is 0 Å². The normalized spacial score (nSPS) is 12.0. The van der Waals surface area contributed by atoms with Crippen molar-refractivity contribution in [2.45, 2.75) is 47.5 Å². The van der Waals surface area contributed by atoms with Crippen molar-refractivity contribution in [3.8, 4) is 0 Å². The molecule has 0 bridgehead atoms. The molecule has 0 aliphatic carbocycles. The van der Waals surface area contributed by atoms with Crippen LogP contribution >= 0.6 is 0 Å². The van der Waals surface area contributed by atoms with Gasteiger partial charge in [0, 0.05) is 11.1 Å². The summed E-state index contributed by atoms with van der Waals surface area (Å²) in [6.07, 6.45) is 1.71. The van der Waals surface area contributed by atoms with Gasteiger partial charge in [-0.15, -0.1) is 0 Å². The number of carbonyl (C=O) groups is 2. The smallest absolute Gasteiger partial charge is 0.272 e. The number of aryl methyl sites for hydroxylation is 1. The van der Waals surface area contributed by atoms with Crippen molar-refractivity contribution in [2.24, 2.45) is 5.41 Å². The van der Waals surface area contributed by atoms with Gasteiger partial charge in [0.2, 0.25) is 5.91 Å². The molecule has 0 aromatic heterocycles. The Hall–Kier alpha value is -2.88. The third kappa shape index (κ3) is 6.08. The first-order valence-corrected chi connectivity index (χ1v) is 9.57. The molecule has 2 rings (SSSR count). The van der Waals surface area contributed by atoms with Crippen LogP contribution in [0.4, 0.5) is 5.69 Å². The highest BCUT2D eigenvalue weighted by molar-refractivity contribution is 6.09. The SMILES string of the molecule is Cc1ccc(NC(=O)/C(=C\c2ccc(C(C)C)cc2)NC(=O)C(C)(C)C)cc1. The van der Waals surface area contributed by atoms with Gasteiger partial charge >= 0.3 is 0 Å². The molecule has 0 atom stereocenters. The first-order chi connectivity index (χ1) is 13.1. The maximum Gasteiger partial charge on any atom is 0.272 e. The third-order valence-electron chi connectivity index (χ3n) is 4.40. The Balaban J connectivity index is 2.30. The van der Waals surface area contributed by atoms with Crippen molar-refractivity contribution in [3.05, 3.63) is 70.9 Å². The zero-order valence-corrected chi connectivity index (χ0v) is 17.6. The van der Waals surface area contributed by atoms with Crippen LogP contribution in [0.15, 0.2) is 54.2 Å². The molecule has 2 amide bonds. The number of nitrogens with one attached hydrogen (secondary N) is 2. The summed E-state index contributed by atoms with van der Waals surface area (Å²) in [5.74, 6) is -0.131. The molecule has 0 aliphatic heterocycles. The Kier molecular flexibility index (Phi) is 6.79. The summed E-state index contributed by atoms with van der Waals surface area (Å²) >= 11 is 0. The first kappa shape index (κ1) is 21.4. The second-order valence-electron chi connectivity index (χ2n) is 8.40. The summed E-state index contributed by atoms with van der Waals surface area (Å²) in [6.45, 7) is 11.7. The second kappa shape index (κ2) is 8.87. The van der Waals surface area contributed by atoms with Crippen LogP contribution in [0.3, 0.4) is 0 Å². The van der Waals surface area contributed by atoms with Gasteiger partial charge in [0.05, 0.1) is 0 Å². The van der Waals surface area contributed by atoms with Crippen LogP contribution in [0.2, 0.25) is 0 Å². The van der Waals surface area contributed by atoms with Crippen molar-refractivity contribution in [3.63, 3.8) is 0 Å². The molecule has 0 fully saturated rings. The molecule has 0 unspecified atom stereocenters. The molecule has 2 aromatic rings. The van der Waals surface area contributed by atoms with E-state index in [-0.39, 0.29) is 17.5 Å². The van der Waals surface area contributed by atoms with E-state index in [1.54, 1.807) is 6.08 Å². The van der Waals surface area contributed by atoms with Crippen LogP contribution in [-0.4, -0.2) is 11.8 Å². The van der Waals surface area contributed by atoms with E-state index < -0.39 is 5.41 Å². The Morgan fingerprint density at radius 2 is 1.50 bits per heavy atom. The van der Waals surface area contributed by atoms with E-state index >= 15 is 0 Å². The maximum atomic E-state index is 12.8. The summed E-state index contributed by atoms with van der Waals surface area (Å²) in [6, 6.07) is 15.5. The van der Waals surface area contributed by atoms with E-state index in [2.05, 4.69) is 24.5 Å². The minimum absolute atomic E-state index is 0.211. The largest absolute Gasteiger partial charge is 0.321 e. The quantitative estimate of drug-likeness (QED) is 0.697. The van der Waals surface area contributed by atoms with Crippen molar-refractivity contribution in [1.29, 1.82) is 0 Å². The van der Waals surface area contributed by atoms with Crippen LogP contribution < -0.4 is 10.6 Å². The predicted octanol–water partition coefficient (Wildman–Crippen LogP) is 5.26. The summed E-state index contributed by atoms with van der Waals surface area (Å²) in [7, 11) is 0. The highest BCUT2D eigenvalue weighted by Gasteiger charge is 2.24. The van der Waals surface area contributed by atoms with Gasteiger partial charge in [-0.05, 0) is 42.2 Å². The highest BCUT2D eigenvalue weighted by Crippen LogP contribution is 2.18. The van der Waals surface area contributed by atoms with Crippen molar-refractivity contribution >= 4 is 23.6 Å². The minimum Gasteiger partial charge on any atom is -0.321 e. The fourth-order valence-corrected chi connectivity index (χ4v) is 2.45. The van der Waals surface area contributed by atoms with E-state index in [4.69, 9.17) is 0 Å². The Morgan fingerprint density at radius 3 is 2.00 bits per heavy atom. The third-order valence-corrected chi connectivity index (χ3v) is 4.40. The van der Waals surface area contributed by atoms with Crippen LogP contribution in [-0.2, 0) is 9.59 Å². The first-order valence-electron chi connectivity index (χ1n) is 9.57. The monoisotopic (exact) mass is 378 g/mol. The second-order valence-corrected chi connectivity index (χ2v) is 8.40. The standard InChI is InChI=1S/C24H30N2O2/c1-16(2)19-11-9-18(10-12-19)15-21(26-23(28)24(4,5)6)22(27)25-20-13-7-17(3)8-14-20/h7-16H,1-6H3,(H,25,27)(H,26,28)/b21-15+. The van der Waals surface area contributed by atoms with Crippen molar-refractivity contribution in [1.82, 2.24) is 5.32 Å². The van der Waals surface area contributed by atoms with E-state index in [0.717, 1.165) is 11.1 Å². The Morgan fingerprint density at radius 1 is 0.929 bits per heavy atom. The van der Waals surface area contributed by atoms with Crippen molar-refractivity contribution in [2.75, 3.05) is 5.32 Å². The number of amides is 2. The van der Waals surface area contributed by atoms with Crippen LogP contribution in [0.25, 0.3) is 6.08 Å². The van der Waals surface area contributed by atoms with Gasteiger partial charge in [-0.1, -0.05) is 76.6 Å². The molecule has 0 radical (unpaired) electrons. The number of hydrogen-bond donors (Lipinski definition) is 2. The molecule has 148 valence electrons. The van der Waals surface area contributed by atoms with Gasteiger partial charge in [0.25, 0.3) is 5.91 Å². The average Bonchev–Trinajstić information content (AvgIpc) is 2.62. The fraction of sp³-hybridized carbons (Fsp3) is 0.333. The lowest BCUT2D eigenvalue weighted by molar-refractivity contribution is -0.128. The van der Waals surface area contributed by atoms with E-state index in [0.29, 0.717) is 11.6 Å². The number of rotatable bonds is 5. The van der Waals surface area contributed by atoms with Crippen LogP contribution in [0.1, 0.15) is 57.2 Å². The van der Waals surface area contributed by atoms with Gasteiger partial charge in [0.1, 0.15) is 5.70 Å². The summed E-state index contributed by atoms with van der Waals surface area (Å²) in [4.78, 5) is 25.3. The molecule has 0 saturated heterocycles. The summed E-state index contributed by atoms with van der Waals surface area (Å²) < 4.78 is 0. The van der Waals surface area contributed by atoms with Gasteiger partial charge in [-0.2, -0.15) is 0 Å². The average molecular weight is 379 g/mol. The highest BCUT2D eigenvalue weighted by atomic mass is 16.2. The Labute approximate surface area is 168 Å². The maximum absolute atomic E-state index is 12.8. The number of benzene rings is 2. The van der Waals surface area contributed by atoms with Gasteiger partial charge < -0.3 is 10.6 Å². The molecule has 2 N–H and O–H groups in total. The molecule has 2 aromatic carbocycles. The summed E-state index contributed by atoms with van der Waals surface area (Å²) in [5.41, 5.74) is 3.48. The van der Waals surface area contributed by atoms with E-state index in [1.165, 1.54) is 5.56 Å². The van der Waals surface area contributed by atoms with E-state index in [1.807, 2.05) is 76.2 Å². The lowest BCUT2D eigenvalue weighted by Crippen LogP contribution is -2.38. The molecular formula is C24H30N2O2. The number of hydrogen-bond acceptors (Lipinski definition) is 2. The summed E-state index contributed by atoms with van der Waals surface area (Å²) in [5, 5.41) is 5.64. The number of carbonyl (C=O) groups excluding carboxylic acids is 2. The molecule has 0 heterocycles. The molecular weight excluding hydrogens is 348 g/mol. The molecule has 28 heavy (non-hydrogen) atoms. The van der Waals surface area contributed by atoms with Gasteiger partial charge in [-0.25, -0.2) is 0 Å². The Bertz CT molecular complexity index is 855. The topological polar surface area (TPSA) is 58.2 Å².